The number of ether oxygens (including phenoxy) is 2. The van der Waals surface area contributed by atoms with Gasteiger partial charge in [0, 0.05) is 12.3 Å². The van der Waals surface area contributed by atoms with Crippen LogP contribution in [0.4, 0.5) is 0 Å². The molecule has 2 rings (SSSR count). The van der Waals surface area contributed by atoms with E-state index in [1.807, 2.05) is 6.92 Å². The fourth-order valence-corrected chi connectivity index (χ4v) is 3.06. The molecule has 1 saturated heterocycles. The summed E-state index contributed by atoms with van der Waals surface area (Å²) in [6.07, 6.45) is 2.49. The Kier molecular flexibility index (Phi) is 4.87. The fraction of sp³-hybridized carbons (Fsp3) is 0.692. The molecule has 0 radical (unpaired) electrons. The van der Waals surface area contributed by atoms with E-state index in [1.165, 1.54) is 18.9 Å². The molecule has 0 aliphatic carbocycles. The van der Waals surface area contributed by atoms with Crippen molar-refractivity contribution in [2.45, 2.75) is 44.5 Å². The van der Waals surface area contributed by atoms with Gasteiger partial charge in [-0.05, 0) is 26.7 Å². The lowest BCUT2D eigenvalue weighted by molar-refractivity contribution is -0.137. The highest BCUT2D eigenvalue weighted by atomic mass is 32.2. The van der Waals surface area contributed by atoms with Gasteiger partial charge in [0.2, 0.25) is 0 Å². The van der Waals surface area contributed by atoms with E-state index in [9.17, 15) is 4.79 Å². The number of esters is 1. The van der Waals surface area contributed by atoms with Gasteiger partial charge >= 0.3 is 5.97 Å². The Morgan fingerprint density at radius 2 is 2.37 bits per heavy atom. The van der Waals surface area contributed by atoms with E-state index in [1.54, 1.807) is 0 Å². The maximum Gasteiger partial charge on any atom is 0.316 e. The van der Waals surface area contributed by atoms with Crippen LogP contribution in [0.1, 0.15) is 24.2 Å². The van der Waals surface area contributed by atoms with Crippen LogP contribution in [0.25, 0.3) is 0 Å². The Labute approximate surface area is 117 Å². The average Bonchev–Trinajstić information content (AvgIpc) is 3.00. The third kappa shape index (κ3) is 3.51. The number of carbonyl (C=O) groups is 1. The summed E-state index contributed by atoms with van der Waals surface area (Å²) in [6, 6.07) is 0. The molecule has 1 fully saturated rings. The minimum absolute atomic E-state index is 0.230. The normalized spacial score (nSPS) is 18.8. The Morgan fingerprint density at radius 1 is 1.58 bits per heavy atom. The molecule has 1 aromatic heterocycles. The van der Waals surface area contributed by atoms with Gasteiger partial charge < -0.3 is 14.0 Å². The van der Waals surface area contributed by atoms with Crippen molar-refractivity contribution in [3.05, 3.63) is 11.4 Å². The van der Waals surface area contributed by atoms with E-state index >= 15 is 0 Å². The Morgan fingerprint density at radius 3 is 3.00 bits per heavy atom. The zero-order valence-corrected chi connectivity index (χ0v) is 12.5. The zero-order valence-electron chi connectivity index (χ0n) is 11.6. The van der Waals surface area contributed by atoms with Gasteiger partial charge in [-0.2, -0.15) is 0 Å². The lowest BCUT2D eigenvalue weighted by Crippen LogP contribution is -2.17. The summed E-state index contributed by atoms with van der Waals surface area (Å²) in [5, 5.41) is 0.871. The summed E-state index contributed by atoms with van der Waals surface area (Å²) in [7, 11) is 1.40. The minimum atomic E-state index is -0.230. The van der Waals surface area contributed by atoms with Crippen LogP contribution in [0, 0.1) is 13.8 Å². The van der Waals surface area contributed by atoms with E-state index in [0.29, 0.717) is 0 Å². The molecule has 1 atom stereocenters. The lowest BCUT2D eigenvalue weighted by atomic mass is 10.2. The van der Waals surface area contributed by atoms with Gasteiger partial charge in [-0.15, -0.1) is 0 Å². The lowest BCUT2D eigenvalue weighted by Gasteiger charge is -2.14. The molecule has 106 valence electrons. The van der Waals surface area contributed by atoms with Crippen molar-refractivity contribution in [3.63, 3.8) is 0 Å². The first-order chi connectivity index (χ1) is 9.11. The molecule has 0 spiro atoms. The summed E-state index contributed by atoms with van der Waals surface area (Å²) in [5.41, 5.74) is 2.15. The van der Waals surface area contributed by atoms with Crippen LogP contribution in [0.2, 0.25) is 0 Å². The Hall–Kier alpha value is -1.01. The Bertz CT molecular complexity index is 453. The second kappa shape index (κ2) is 6.43. The van der Waals surface area contributed by atoms with Crippen LogP contribution in [-0.2, 0) is 20.8 Å². The molecule has 2 heterocycles. The number of methoxy groups -OCH3 is 1. The predicted octanol–water partition coefficient (Wildman–Crippen LogP) is 1.94. The van der Waals surface area contributed by atoms with Gasteiger partial charge in [-0.25, -0.2) is 4.98 Å². The van der Waals surface area contributed by atoms with Gasteiger partial charge in [0.05, 0.1) is 31.2 Å². The molecule has 6 heteroatoms. The van der Waals surface area contributed by atoms with E-state index < -0.39 is 0 Å². The predicted molar refractivity (Wildman–Crippen MR) is 73.4 cm³/mol. The third-order valence-corrected chi connectivity index (χ3v) is 4.33. The van der Waals surface area contributed by atoms with Crippen LogP contribution in [0.3, 0.4) is 0 Å². The van der Waals surface area contributed by atoms with Crippen molar-refractivity contribution in [3.8, 4) is 0 Å². The van der Waals surface area contributed by atoms with Crippen LogP contribution in [-0.4, -0.2) is 41.1 Å². The molecule has 1 aromatic rings. The van der Waals surface area contributed by atoms with Crippen molar-refractivity contribution in [1.29, 1.82) is 0 Å². The molecule has 0 N–H and O–H groups in total. The molecule has 0 saturated carbocycles. The van der Waals surface area contributed by atoms with E-state index in [4.69, 9.17) is 4.74 Å². The minimum Gasteiger partial charge on any atom is -0.468 e. The van der Waals surface area contributed by atoms with Crippen molar-refractivity contribution < 1.29 is 14.3 Å². The van der Waals surface area contributed by atoms with Crippen molar-refractivity contribution in [2.75, 3.05) is 19.5 Å². The molecule has 0 bridgehead atoms. The standard InChI is InChI=1S/C13H20N2O3S/c1-9-10(2)15(7-11-5-4-6-18-11)13(14-9)19-8-12(16)17-3/h11H,4-8H2,1-3H3/t11-/m0/s1. The SMILES string of the molecule is COC(=O)CSc1nc(C)c(C)n1C[C@@H]1CCCO1. The molecular formula is C13H20N2O3S. The van der Waals surface area contributed by atoms with Crippen LogP contribution < -0.4 is 0 Å². The van der Waals surface area contributed by atoms with Gasteiger partial charge in [-0.1, -0.05) is 11.8 Å². The summed E-state index contributed by atoms with van der Waals surface area (Å²) in [5.74, 6) is 0.0599. The maximum atomic E-state index is 11.2. The monoisotopic (exact) mass is 284 g/mol. The second-order valence-corrected chi connectivity index (χ2v) is 5.62. The highest BCUT2D eigenvalue weighted by Gasteiger charge is 2.20. The van der Waals surface area contributed by atoms with E-state index in [2.05, 4.69) is 21.2 Å². The summed E-state index contributed by atoms with van der Waals surface area (Å²) in [6.45, 7) is 5.71. The first-order valence-corrected chi connectivity index (χ1v) is 7.45. The number of hydrogen-bond donors (Lipinski definition) is 0. The highest BCUT2D eigenvalue weighted by Crippen LogP contribution is 2.24. The highest BCUT2D eigenvalue weighted by molar-refractivity contribution is 7.99. The van der Waals surface area contributed by atoms with Crippen LogP contribution in [0.15, 0.2) is 5.16 Å². The first kappa shape index (κ1) is 14.4. The van der Waals surface area contributed by atoms with Gasteiger partial charge in [0.15, 0.2) is 5.16 Å². The van der Waals surface area contributed by atoms with Crippen molar-refractivity contribution in [1.82, 2.24) is 9.55 Å². The topological polar surface area (TPSA) is 53.3 Å². The van der Waals surface area contributed by atoms with E-state index in [-0.39, 0.29) is 17.8 Å². The smallest absolute Gasteiger partial charge is 0.316 e. The van der Waals surface area contributed by atoms with Gasteiger partial charge in [0.25, 0.3) is 0 Å². The van der Waals surface area contributed by atoms with Crippen molar-refractivity contribution >= 4 is 17.7 Å². The molecule has 19 heavy (non-hydrogen) atoms. The molecule has 0 aromatic carbocycles. The number of carbonyl (C=O) groups excluding carboxylic acids is 1. The number of imidazole rings is 1. The molecule has 1 aliphatic heterocycles. The van der Waals surface area contributed by atoms with Crippen molar-refractivity contribution in [2.24, 2.45) is 0 Å². The fourth-order valence-electron chi connectivity index (χ4n) is 2.12. The first-order valence-electron chi connectivity index (χ1n) is 6.46. The van der Waals surface area contributed by atoms with Crippen LogP contribution in [0.5, 0.6) is 0 Å². The molecular weight excluding hydrogens is 264 g/mol. The molecule has 5 nitrogen and oxygen atoms in total. The number of nitrogens with zero attached hydrogens (tertiary/aromatic N) is 2. The number of thioether (sulfide) groups is 1. The van der Waals surface area contributed by atoms with Gasteiger partial charge in [-0.3, -0.25) is 4.79 Å². The maximum absolute atomic E-state index is 11.2. The zero-order chi connectivity index (χ0) is 13.8. The van der Waals surface area contributed by atoms with E-state index in [0.717, 1.165) is 42.5 Å². The molecule has 1 aliphatic rings. The number of rotatable bonds is 5. The molecule has 0 amide bonds. The summed E-state index contributed by atoms with van der Waals surface area (Å²) < 4.78 is 12.5. The van der Waals surface area contributed by atoms with Gasteiger partial charge in [0.1, 0.15) is 0 Å². The summed E-state index contributed by atoms with van der Waals surface area (Å²) in [4.78, 5) is 15.7. The second-order valence-electron chi connectivity index (χ2n) is 4.68. The largest absolute Gasteiger partial charge is 0.468 e. The molecule has 0 unspecified atom stereocenters. The summed E-state index contributed by atoms with van der Waals surface area (Å²) >= 11 is 1.42. The number of hydrogen-bond acceptors (Lipinski definition) is 5. The quantitative estimate of drug-likeness (QED) is 0.611. The average molecular weight is 284 g/mol. The third-order valence-electron chi connectivity index (χ3n) is 3.38. The van der Waals surface area contributed by atoms with Crippen LogP contribution >= 0.6 is 11.8 Å². The Balaban J connectivity index is 2.08. The number of aryl methyl sites for hydroxylation is 1. The number of aromatic nitrogens is 2.